The maximum absolute atomic E-state index is 14.4. The molecule has 1 aromatic carbocycles. The average Bonchev–Trinajstić information content (AvgIpc) is 2.63. The molecule has 1 aromatic rings. The van der Waals surface area contributed by atoms with Crippen LogP contribution in [0.2, 0.25) is 0 Å². The van der Waals surface area contributed by atoms with Crippen LogP contribution in [-0.4, -0.2) is 51.3 Å². The quantitative estimate of drug-likeness (QED) is 0.460. The topological polar surface area (TPSA) is 70.7 Å². The van der Waals surface area contributed by atoms with E-state index in [0.29, 0.717) is 13.1 Å². The first-order valence-corrected chi connectivity index (χ1v) is 11.9. The maximum atomic E-state index is 14.4. The maximum Gasteiger partial charge on any atom is 0.216 e. The molecular formula is C21H36FN3O3S. The van der Waals surface area contributed by atoms with Gasteiger partial charge in [-0.2, -0.15) is 0 Å². The van der Waals surface area contributed by atoms with Crippen molar-refractivity contribution in [3.8, 4) is 0 Å². The number of ether oxygens (including phenoxy) is 1. The Labute approximate surface area is 175 Å². The molecule has 2 rings (SSSR count). The van der Waals surface area contributed by atoms with Crippen molar-refractivity contribution in [2.75, 3.05) is 29.9 Å². The molecule has 1 unspecified atom stereocenters. The van der Waals surface area contributed by atoms with Crippen molar-refractivity contribution in [3.63, 3.8) is 0 Å². The molecule has 29 heavy (non-hydrogen) atoms. The van der Waals surface area contributed by atoms with Crippen molar-refractivity contribution in [2.45, 2.75) is 77.1 Å². The van der Waals surface area contributed by atoms with E-state index in [1.165, 1.54) is 0 Å². The minimum absolute atomic E-state index is 0.00248. The molecule has 2 N–H and O–H groups in total. The number of halogens is 1. The first-order chi connectivity index (χ1) is 13.5. The molecule has 166 valence electrons. The van der Waals surface area contributed by atoms with E-state index in [2.05, 4.69) is 10.0 Å². The zero-order chi connectivity index (χ0) is 21.7. The number of nitrogens with zero attached hydrogens (tertiary/aromatic N) is 1. The molecule has 8 heteroatoms. The van der Waals surface area contributed by atoms with Gasteiger partial charge in [0, 0.05) is 31.0 Å². The number of alkyl halides is 1. The van der Waals surface area contributed by atoms with E-state index >= 15 is 0 Å². The number of unbranched alkanes of at least 4 members (excludes halogenated alkanes) is 2. The van der Waals surface area contributed by atoms with Crippen LogP contribution in [0.1, 0.15) is 53.9 Å². The van der Waals surface area contributed by atoms with Gasteiger partial charge in [-0.25, -0.2) is 17.5 Å². The van der Waals surface area contributed by atoms with Crippen molar-refractivity contribution < 1.29 is 17.5 Å². The molecule has 3 atom stereocenters. The molecule has 0 aromatic heterocycles. The van der Waals surface area contributed by atoms with Crippen molar-refractivity contribution in [2.24, 2.45) is 0 Å². The molecule has 1 aliphatic rings. The van der Waals surface area contributed by atoms with E-state index in [-0.39, 0.29) is 6.10 Å². The van der Waals surface area contributed by atoms with Gasteiger partial charge in [-0.05, 0) is 71.7 Å². The lowest BCUT2D eigenvalue weighted by molar-refractivity contribution is -0.0614. The first kappa shape index (κ1) is 23.9. The summed E-state index contributed by atoms with van der Waals surface area (Å²) in [5.41, 5.74) is 1.85. The van der Waals surface area contributed by atoms with Crippen LogP contribution in [0.4, 0.5) is 15.8 Å². The summed E-state index contributed by atoms with van der Waals surface area (Å²) in [5, 5.41) is 3.36. The van der Waals surface area contributed by atoms with Gasteiger partial charge >= 0.3 is 0 Å². The van der Waals surface area contributed by atoms with Crippen molar-refractivity contribution >= 4 is 21.4 Å². The number of nitrogens with one attached hydrogen (secondary N) is 2. The van der Waals surface area contributed by atoms with Crippen LogP contribution in [0.25, 0.3) is 0 Å². The van der Waals surface area contributed by atoms with Gasteiger partial charge in [0.1, 0.15) is 6.10 Å². The average molecular weight is 430 g/mol. The third kappa shape index (κ3) is 6.83. The van der Waals surface area contributed by atoms with Gasteiger partial charge in [0.25, 0.3) is 0 Å². The SMILES string of the molecule is C[C@H]1CN(c2ccc(NCCCCCNS(=O)(=O)C(C)(C)C)cc2)C(F)[C@@H](C)O1. The van der Waals surface area contributed by atoms with Crippen LogP contribution >= 0.6 is 0 Å². The van der Waals surface area contributed by atoms with Gasteiger partial charge in [-0.3, -0.25) is 0 Å². The summed E-state index contributed by atoms with van der Waals surface area (Å²) in [4.78, 5) is 1.75. The second-order valence-electron chi connectivity index (χ2n) is 8.72. The summed E-state index contributed by atoms with van der Waals surface area (Å²) in [7, 11) is -3.26. The Morgan fingerprint density at radius 3 is 2.34 bits per heavy atom. The van der Waals surface area contributed by atoms with Gasteiger partial charge in [0.15, 0.2) is 6.30 Å². The minimum Gasteiger partial charge on any atom is -0.385 e. The zero-order valence-electron chi connectivity index (χ0n) is 18.2. The van der Waals surface area contributed by atoms with E-state index in [4.69, 9.17) is 4.74 Å². The van der Waals surface area contributed by atoms with E-state index < -0.39 is 27.2 Å². The number of anilines is 2. The van der Waals surface area contributed by atoms with Crippen LogP contribution in [0, 0.1) is 0 Å². The number of hydrogen-bond donors (Lipinski definition) is 2. The molecule has 1 saturated heterocycles. The fourth-order valence-corrected chi connectivity index (χ4v) is 4.05. The lowest BCUT2D eigenvalue weighted by Gasteiger charge is -2.39. The van der Waals surface area contributed by atoms with Crippen LogP contribution < -0.4 is 14.9 Å². The summed E-state index contributed by atoms with van der Waals surface area (Å²) in [6.07, 6.45) is 1.11. The Balaban J connectivity index is 1.69. The molecule has 1 aliphatic heterocycles. The monoisotopic (exact) mass is 429 g/mol. The highest BCUT2D eigenvalue weighted by molar-refractivity contribution is 7.90. The molecule has 0 amide bonds. The molecule has 0 spiro atoms. The lowest BCUT2D eigenvalue weighted by atomic mass is 10.1. The second kappa shape index (κ2) is 10.1. The molecule has 0 aliphatic carbocycles. The number of sulfonamides is 1. The Bertz CT molecular complexity index is 735. The predicted molar refractivity (Wildman–Crippen MR) is 118 cm³/mol. The van der Waals surface area contributed by atoms with E-state index in [1.54, 1.807) is 32.6 Å². The minimum atomic E-state index is -3.26. The molecule has 0 bridgehead atoms. The van der Waals surface area contributed by atoms with Gasteiger partial charge in [-0.15, -0.1) is 0 Å². The van der Waals surface area contributed by atoms with Crippen molar-refractivity contribution in [1.29, 1.82) is 0 Å². The van der Waals surface area contributed by atoms with E-state index in [9.17, 15) is 12.8 Å². The third-order valence-electron chi connectivity index (χ3n) is 5.07. The van der Waals surface area contributed by atoms with Gasteiger partial charge in [0.2, 0.25) is 10.0 Å². The van der Waals surface area contributed by atoms with Crippen molar-refractivity contribution in [3.05, 3.63) is 24.3 Å². The molecule has 1 fully saturated rings. The summed E-state index contributed by atoms with van der Waals surface area (Å²) in [6.45, 7) is 10.6. The van der Waals surface area contributed by atoms with Crippen molar-refractivity contribution in [1.82, 2.24) is 4.72 Å². The third-order valence-corrected chi connectivity index (χ3v) is 7.26. The van der Waals surface area contributed by atoms with Gasteiger partial charge < -0.3 is 15.0 Å². The Morgan fingerprint density at radius 1 is 1.10 bits per heavy atom. The standard InChI is InChI=1S/C21H36FN3O3S/c1-16-15-25(20(22)17(2)28-16)19-11-9-18(10-12-19)23-13-7-6-8-14-24-29(26,27)21(3,4)5/h9-12,16-17,20,23-24H,6-8,13-15H2,1-5H3/t16-,17+,20?/m0/s1. The van der Waals surface area contributed by atoms with E-state index in [0.717, 1.165) is 37.2 Å². The highest BCUT2D eigenvalue weighted by Gasteiger charge is 2.32. The predicted octanol–water partition coefficient (Wildman–Crippen LogP) is 3.90. The highest BCUT2D eigenvalue weighted by atomic mass is 32.2. The molecule has 0 radical (unpaired) electrons. The van der Waals surface area contributed by atoms with Gasteiger partial charge in [0.05, 0.1) is 10.9 Å². The number of morpholine rings is 1. The fourth-order valence-electron chi connectivity index (χ4n) is 3.21. The number of benzene rings is 1. The summed E-state index contributed by atoms with van der Waals surface area (Å²) in [5.74, 6) is 0. The normalized spacial score (nSPS) is 23.2. The number of rotatable bonds is 9. The molecule has 1 heterocycles. The van der Waals surface area contributed by atoms with Crippen LogP contribution in [-0.2, 0) is 14.8 Å². The summed E-state index contributed by atoms with van der Waals surface area (Å²) >= 11 is 0. The van der Waals surface area contributed by atoms with Gasteiger partial charge in [-0.1, -0.05) is 6.42 Å². The molecule has 0 saturated carbocycles. The largest absolute Gasteiger partial charge is 0.385 e. The second-order valence-corrected chi connectivity index (χ2v) is 11.2. The molecule has 6 nitrogen and oxygen atoms in total. The zero-order valence-corrected chi connectivity index (χ0v) is 19.1. The lowest BCUT2D eigenvalue weighted by Crippen LogP contribution is -2.51. The fraction of sp³-hybridized carbons (Fsp3) is 0.714. The number of hydrogen-bond acceptors (Lipinski definition) is 5. The Morgan fingerprint density at radius 2 is 1.72 bits per heavy atom. The highest BCUT2D eigenvalue weighted by Crippen LogP contribution is 2.27. The van der Waals surface area contributed by atoms with Crippen LogP contribution in [0.15, 0.2) is 24.3 Å². The Kier molecular flexibility index (Phi) is 8.31. The van der Waals surface area contributed by atoms with E-state index in [1.807, 2.05) is 31.2 Å². The summed E-state index contributed by atoms with van der Waals surface area (Å²) < 4.78 is 45.8. The molecular weight excluding hydrogens is 393 g/mol. The first-order valence-electron chi connectivity index (χ1n) is 10.4. The van der Waals surface area contributed by atoms with Crippen LogP contribution in [0.3, 0.4) is 0 Å². The smallest absolute Gasteiger partial charge is 0.216 e. The summed E-state index contributed by atoms with van der Waals surface area (Å²) in [6, 6.07) is 7.79. The Hall–Kier alpha value is -1.38. The van der Waals surface area contributed by atoms with Crippen LogP contribution in [0.5, 0.6) is 0 Å².